The average Bonchev–Trinajstić information content (AvgIpc) is 3.38. The van der Waals surface area contributed by atoms with Gasteiger partial charge in [0, 0.05) is 38.1 Å². The second-order valence-corrected chi connectivity index (χ2v) is 7.24. The number of hydrogen-bond acceptors (Lipinski definition) is 5. The lowest BCUT2D eigenvalue weighted by Crippen LogP contribution is -2.47. The second-order valence-electron chi connectivity index (χ2n) is 7.24. The van der Waals surface area contributed by atoms with Crippen LogP contribution in [0.5, 0.6) is 0 Å². The maximum Gasteiger partial charge on any atom is 0.243 e. The minimum atomic E-state index is -0.181. The third kappa shape index (κ3) is 3.60. The lowest BCUT2D eigenvalue weighted by Gasteiger charge is -2.39. The van der Waals surface area contributed by atoms with Gasteiger partial charge >= 0.3 is 0 Å². The molecule has 1 saturated carbocycles. The first kappa shape index (κ1) is 16.7. The van der Waals surface area contributed by atoms with Crippen molar-refractivity contribution >= 4 is 0 Å². The smallest absolute Gasteiger partial charge is 0.243 e. The highest BCUT2D eigenvalue weighted by molar-refractivity contribution is 5.19. The van der Waals surface area contributed by atoms with Gasteiger partial charge in [-0.1, -0.05) is 17.3 Å². The molecule has 0 radical (unpaired) electrons. The van der Waals surface area contributed by atoms with Crippen LogP contribution in [-0.2, 0) is 0 Å². The van der Waals surface area contributed by atoms with E-state index in [1.807, 2.05) is 12.1 Å². The molecule has 0 spiro atoms. The molecule has 2 atom stereocenters. The van der Waals surface area contributed by atoms with Crippen LogP contribution in [0.3, 0.4) is 0 Å². The van der Waals surface area contributed by atoms with Crippen LogP contribution in [0.1, 0.15) is 62.0 Å². The predicted molar refractivity (Wildman–Crippen MR) is 92.6 cm³/mol. The Bertz CT molecular complexity index is 704. The zero-order valence-corrected chi connectivity index (χ0v) is 14.9. The first-order chi connectivity index (χ1) is 12.1. The van der Waals surface area contributed by atoms with Crippen molar-refractivity contribution in [1.29, 1.82) is 0 Å². The number of halogens is 1. The summed E-state index contributed by atoms with van der Waals surface area (Å²) in [4.78, 5) is 9.43. The molecule has 6 heteroatoms. The van der Waals surface area contributed by atoms with E-state index in [9.17, 15) is 4.39 Å². The first-order valence-electron chi connectivity index (χ1n) is 9.19. The second kappa shape index (κ2) is 6.84. The maximum absolute atomic E-state index is 13.1. The van der Waals surface area contributed by atoms with Gasteiger partial charge in [-0.25, -0.2) is 4.39 Å². The van der Waals surface area contributed by atoms with Gasteiger partial charge in [0.25, 0.3) is 0 Å². The van der Waals surface area contributed by atoms with Gasteiger partial charge in [0.2, 0.25) is 5.89 Å². The molecule has 1 aromatic carbocycles. The predicted octanol–water partition coefficient (Wildman–Crippen LogP) is 3.53. The van der Waals surface area contributed by atoms with Crippen molar-refractivity contribution in [2.45, 2.75) is 44.7 Å². The van der Waals surface area contributed by atoms with Crippen LogP contribution in [0.4, 0.5) is 4.39 Å². The zero-order valence-electron chi connectivity index (χ0n) is 14.9. The van der Waals surface area contributed by atoms with Gasteiger partial charge in [-0.05, 0) is 44.4 Å². The van der Waals surface area contributed by atoms with Crippen LogP contribution in [-0.4, -0.2) is 46.1 Å². The summed E-state index contributed by atoms with van der Waals surface area (Å²) >= 11 is 0. The Kier molecular flexibility index (Phi) is 4.56. The summed E-state index contributed by atoms with van der Waals surface area (Å²) in [6.45, 7) is 8.22. The fraction of sp³-hybridized carbons (Fsp3) is 0.579. The van der Waals surface area contributed by atoms with Crippen molar-refractivity contribution in [2.75, 3.05) is 26.2 Å². The molecule has 0 N–H and O–H groups in total. The Morgan fingerprint density at radius 2 is 1.60 bits per heavy atom. The number of piperazine rings is 1. The van der Waals surface area contributed by atoms with Crippen molar-refractivity contribution in [1.82, 2.24) is 19.9 Å². The fourth-order valence-corrected chi connectivity index (χ4v) is 3.54. The zero-order chi connectivity index (χ0) is 17.4. The SMILES string of the molecule is C[C@@H](c1ccc(F)cc1)N1CCN([C@@H](C)c2nc(C3CC3)no2)CC1. The molecule has 1 aromatic heterocycles. The van der Waals surface area contributed by atoms with E-state index in [2.05, 4.69) is 33.8 Å². The monoisotopic (exact) mass is 344 g/mol. The molecule has 1 saturated heterocycles. The molecule has 134 valence electrons. The number of aromatic nitrogens is 2. The number of rotatable bonds is 5. The van der Waals surface area contributed by atoms with E-state index in [-0.39, 0.29) is 11.9 Å². The summed E-state index contributed by atoms with van der Waals surface area (Å²) in [5, 5.41) is 4.13. The Morgan fingerprint density at radius 1 is 1.00 bits per heavy atom. The van der Waals surface area contributed by atoms with Crippen LogP contribution >= 0.6 is 0 Å². The van der Waals surface area contributed by atoms with Crippen LogP contribution in [0, 0.1) is 5.82 Å². The van der Waals surface area contributed by atoms with E-state index in [0.717, 1.165) is 43.5 Å². The van der Waals surface area contributed by atoms with Crippen molar-refractivity contribution in [2.24, 2.45) is 0 Å². The molecule has 2 fully saturated rings. The van der Waals surface area contributed by atoms with E-state index < -0.39 is 0 Å². The molecular formula is C19H25FN4O. The molecule has 2 heterocycles. The average molecular weight is 344 g/mol. The Labute approximate surface area is 147 Å². The molecule has 1 aliphatic carbocycles. The third-order valence-electron chi connectivity index (χ3n) is 5.55. The van der Waals surface area contributed by atoms with E-state index in [0.29, 0.717) is 12.0 Å². The van der Waals surface area contributed by atoms with E-state index in [1.54, 1.807) is 0 Å². The van der Waals surface area contributed by atoms with Crippen LogP contribution < -0.4 is 0 Å². The Morgan fingerprint density at radius 3 is 2.20 bits per heavy atom. The van der Waals surface area contributed by atoms with Gasteiger partial charge < -0.3 is 4.52 Å². The number of hydrogen-bond donors (Lipinski definition) is 0. The third-order valence-corrected chi connectivity index (χ3v) is 5.55. The highest BCUT2D eigenvalue weighted by atomic mass is 19.1. The fourth-order valence-electron chi connectivity index (χ4n) is 3.54. The molecule has 4 rings (SSSR count). The summed E-state index contributed by atoms with van der Waals surface area (Å²) < 4.78 is 18.6. The molecule has 2 aromatic rings. The van der Waals surface area contributed by atoms with Gasteiger partial charge in [-0.2, -0.15) is 4.98 Å². The van der Waals surface area contributed by atoms with E-state index in [1.165, 1.54) is 25.0 Å². The minimum Gasteiger partial charge on any atom is -0.338 e. The van der Waals surface area contributed by atoms with Gasteiger partial charge in [0.15, 0.2) is 5.82 Å². The summed E-state index contributed by atoms with van der Waals surface area (Å²) in [5.74, 6) is 1.96. The molecule has 0 amide bonds. The molecule has 2 aliphatic rings. The molecule has 1 aliphatic heterocycles. The summed E-state index contributed by atoms with van der Waals surface area (Å²) in [5.41, 5.74) is 1.16. The minimum absolute atomic E-state index is 0.156. The topological polar surface area (TPSA) is 45.4 Å². The lowest BCUT2D eigenvalue weighted by molar-refractivity contribution is 0.0677. The maximum atomic E-state index is 13.1. The van der Waals surface area contributed by atoms with Crippen molar-refractivity contribution in [3.63, 3.8) is 0 Å². The molecule has 25 heavy (non-hydrogen) atoms. The van der Waals surface area contributed by atoms with Gasteiger partial charge in [0.05, 0.1) is 6.04 Å². The van der Waals surface area contributed by atoms with E-state index >= 15 is 0 Å². The van der Waals surface area contributed by atoms with Gasteiger partial charge in [-0.15, -0.1) is 0 Å². The first-order valence-corrected chi connectivity index (χ1v) is 9.19. The Hall–Kier alpha value is -1.79. The van der Waals surface area contributed by atoms with Crippen molar-refractivity contribution < 1.29 is 8.91 Å². The summed E-state index contributed by atoms with van der Waals surface area (Å²) in [6.07, 6.45) is 2.38. The number of benzene rings is 1. The highest BCUT2D eigenvalue weighted by Crippen LogP contribution is 2.38. The van der Waals surface area contributed by atoms with Crippen molar-refractivity contribution in [3.8, 4) is 0 Å². The van der Waals surface area contributed by atoms with Crippen LogP contribution in [0.15, 0.2) is 28.8 Å². The molecule has 5 nitrogen and oxygen atoms in total. The van der Waals surface area contributed by atoms with Crippen LogP contribution in [0.2, 0.25) is 0 Å². The Balaban J connectivity index is 1.34. The lowest BCUT2D eigenvalue weighted by atomic mass is 10.1. The normalized spacial score (nSPS) is 22.0. The van der Waals surface area contributed by atoms with Crippen LogP contribution in [0.25, 0.3) is 0 Å². The quantitative estimate of drug-likeness (QED) is 0.830. The molecule has 0 bridgehead atoms. The van der Waals surface area contributed by atoms with Gasteiger partial charge in [0.1, 0.15) is 5.82 Å². The summed E-state index contributed by atoms with van der Waals surface area (Å²) in [6, 6.07) is 7.29. The number of nitrogens with zero attached hydrogens (tertiary/aromatic N) is 4. The molecule has 0 unspecified atom stereocenters. The van der Waals surface area contributed by atoms with Gasteiger partial charge in [-0.3, -0.25) is 9.80 Å². The standard InChI is InChI=1S/C19H25FN4O/c1-13(15-5-7-17(20)8-6-15)23-9-11-24(12-10-23)14(2)19-21-18(22-25-19)16-3-4-16/h5-8,13-14,16H,3-4,9-12H2,1-2H3/t13-,14-/m0/s1. The highest BCUT2D eigenvalue weighted by Gasteiger charge is 2.32. The van der Waals surface area contributed by atoms with E-state index in [4.69, 9.17) is 4.52 Å². The largest absolute Gasteiger partial charge is 0.338 e. The molecular weight excluding hydrogens is 319 g/mol. The van der Waals surface area contributed by atoms with Crippen molar-refractivity contribution in [3.05, 3.63) is 47.4 Å². The summed E-state index contributed by atoms with van der Waals surface area (Å²) in [7, 11) is 0.